The Morgan fingerprint density at radius 3 is 2.54 bits per heavy atom. The molecule has 0 spiro atoms. The number of nitrogens with zero attached hydrogens (tertiary/aromatic N) is 1. The molecule has 0 fully saturated rings. The van der Waals surface area contributed by atoms with E-state index in [1.807, 2.05) is 31.2 Å². The standard InChI is InChI=1S/C10H13NOS/c1-3-11(8(2)12)9-6-4-5-7-10(9)13/h4-7,13H,3H2,1-2H3. The molecule has 13 heavy (non-hydrogen) atoms. The molecule has 1 amide bonds. The van der Waals surface area contributed by atoms with Crippen LogP contribution in [0.15, 0.2) is 29.2 Å². The maximum atomic E-state index is 11.2. The Balaban J connectivity index is 3.04. The highest BCUT2D eigenvalue weighted by Crippen LogP contribution is 2.23. The topological polar surface area (TPSA) is 20.3 Å². The molecule has 3 heteroatoms. The van der Waals surface area contributed by atoms with Crippen molar-refractivity contribution in [2.24, 2.45) is 0 Å². The number of benzene rings is 1. The normalized spacial score (nSPS) is 9.77. The summed E-state index contributed by atoms with van der Waals surface area (Å²) in [6, 6.07) is 7.58. The van der Waals surface area contributed by atoms with Gasteiger partial charge in [-0.25, -0.2) is 0 Å². The fraction of sp³-hybridized carbons (Fsp3) is 0.300. The van der Waals surface area contributed by atoms with Crippen molar-refractivity contribution in [3.05, 3.63) is 24.3 Å². The zero-order valence-electron chi connectivity index (χ0n) is 7.82. The van der Waals surface area contributed by atoms with Gasteiger partial charge in [0.2, 0.25) is 5.91 Å². The predicted molar refractivity (Wildman–Crippen MR) is 57.4 cm³/mol. The van der Waals surface area contributed by atoms with Crippen molar-refractivity contribution in [1.82, 2.24) is 0 Å². The number of amides is 1. The second-order valence-corrected chi connectivity index (χ2v) is 3.23. The average Bonchev–Trinajstić information content (AvgIpc) is 2.09. The van der Waals surface area contributed by atoms with E-state index in [-0.39, 0.29) is 5.91 Å². The maximum Gasteiger partial charge on any atom is 0.223 e. The first kappa shape index (κ1) is 10.1. The zero-order valence-corrected chi connectivity index (χ0v) is 8.71. The monoisotopic (exact) mass is 195 g/mol. The van der Waals surface area contributed by atoms with Crippen LogP contribution in [-0.4, -0.2) is 12.5 Å². The molecule has 2 nitrogen and oxygen atoms in total. The van der Waals surface area contributed by atoms with Gasteiger partial charge < -0.3 is 4.90 Å². The first-order valence-corrected chi connectivity index (χ1v) is 4.67. The molecule has 0 bridgehead atoms. The first-order valence-electron chi connectivity index (χ1n) is 4.23. The maximum absolute atomic E-state index is 11.2. The van der Waals surface area contributed by atoms with E-state index in [1.54, 1.807) is 11.8 Å². The van der Waals surface area contributed by atoms with Crippen LogP contribution in [0.3, 0.4) is 0 Å². The second-order valence-electron chi connectivity index (χ2n) is 2.75. The summed E-state index contributed by atoms with van der Waals surface area (Å²) < 4.78 is 0. The molecule has 70 valence electrons. The Morgan fingerprint density at radius 2 is 2.08 bits per heavy atom. The van der Waals surface area contributed by atoms with Gasteiger partial charge in [0.15, 0.2) is 0 Å². The summed E-state index contributed by atoms with van der Waals surface area (Å²) in [5, 5.41) is 0. The molecule has 0 saturated heterocycles. The molecule has 1 aromatic carbocycles. The van der Waals surface area contributed by atoms with Crippen molar-refractivity contribution >= 4 is 24.2 Å². The Labute approximate surface area is 84.0 Å². The lowest BCUT2D eigenvalue weighted by Crippen LogP contribution is -2.28. The van der Waals surface area contributed by atoms with Crippen LogP contribution < -0.4 is 4.90 Å². The Morgan fingerprint density at radius 1 is 1.46 bits per heavy atom. The molecule has 0 aliphatic heterocycles. The summed E-state index contributed by atoms with van der Waals surface area (Å²) in [4.78, 5) is 13.7. The van der Waals surface area contributed by atoms with Gasteiger partial charge in [-0.2, -0.15) is 0 Å². The van der Waals surface area contributed by atoms with Gasteiger partial charge in [0.25, 0.3) is 0 Å². The van der Waals surface area contributed by atoms with Gasteiger partial charge in [-0.1, -0.05) is 12.1 Å². The minimum Gasteiger partial charge on any atom is -0.312 e. The van der Waals surface area contributed by atoms with Crippen LogP contribution in [0.4, 0.5) is 5.69 Å². The third-order valence-electron chi connectivity index (χ3n) is 1.87. The number of thiol groups is 1. The molecular formula is C10H13NOS. The fourth-order valence-electron chi connectivity index (χ4n) is 1.26. The molecule has 0 atom stereocenters. The average molecular weight is 195 g/mol. The van der Waals surface area contributed by atoms with Crippen LogP contribution in [0.1, 0.15) is 13.8 Å². The van der Waals surface area contributed by atoms with Crippen LogP contribution in [0.25, 0.3) is 0 Å². The quantitative estimate of drug-likeness (QED) is 0.718. The number of hydrogen-bond donors (Lipinski definition) is 1. The number of rotatable bonds is 2. The van der Waals surface area contributed by atoms with Crippen molar-refractivity contribution in [2.45, 2.75) is 18.7 Å². The number of anilines is 1. The van der Waals surface area contributed by atoms with Crippen molar-refractivity contribution in [3.63, 3.8) is 0 Å². The van der Waals surface area contributed by atoms with E-state index in [0.717, 1.165) is 10.6 Å². The molecule has 0 aliphatic carbocycles. The SMILES string of the molecule is CCN(C(C)=O)c1ccccc1S. The van der Waals surface area contributed by atoms with Gasteiger partial charge in [0.1, 0.15) is 0 Å². The molecule has 1 aromatic rings. The van der Waals surface area contributed by atoms with E-state index < -0.39 is 0 Å². The molecule has 0 radical (unpaired) electrons. The molecule has 0 unspecified atom stereocenters. The summed E-state index contributed by atoms with van der Waals surface area (Å²) >= 11 is 4.29. The first-order chi connectivity index (χ1) is 6.16. The highest BCUT2D eigenvalue weighted by molar-refractivity contribution is 7.80. The number of hydrogen-bond acceptors (Lipinski definition) is 2. The van der Waals surface area contributed by atoms with Crippen LogP contribution in [0.2, 0.25) is 0 Å². The van der Waals surface area contributed by atoms with E-state index in [0.29, 0.717) is 6.54 Å². The van der Waals surface area contributed by atoms with Crippen LogP contribution >= 0.6 is 12.6 Å². The Bertz CT molecular complexity index is 312. The lowest BCUT2D eigenvalue weighted by Gasteiger charge is -2.20. The summed E-state index contributed by atoms with van der Waals surface area (Å²) in [5.74, 6) is 0.0454. The van der Waals surface area contributed by atoms with E-state index in [1.165, 1.54) is 0 Å². The van der Waals surface area contributed by atoms with Gasteiger partial charge in [0.05, 0.1) is 5.69 Å². The van der Waals surface area contributed by atoms with Crippen molar-refractivity contribution < 1.29 is 4.79 Å². The lowest BCUT2D eigenvalue weighted by molar-refractivity contribution is -0.116. The Hall–Kier alpha value is -0.960. The van der Waals surface area contributed by atoms with Gasteiger partial charge in [0, 0.05) is 18.4 Å². The van der Waals surface area contributed by atoms with Crippen LogP contribution in [0, 0.1) is 0 Å². The van der Waals surface area contributed by atoms with E-state index in [2.05, 4.69) is 12.6 Å². The number of carbonyl (C=O) groups excluding carboxylic acids is 1. The van der Waals surface area contributed by atoms with Gasteiger partial charge in [-0.05, 0) is 19.1 Å². The summed E-state index contributed by atoms with van der Waals surface area (Å²) in [7, 11) is 0. The minimum atomic E-state index is 0.0454. The highest BCUT2D eigenvalue weighted by atomic mass is 32.1. The van der Waals surface area contributed by atoms with Crippen molar-refractivity contribution in [3.8, 4) is 0 Å². The second kappa shape index (κ2) is 4.33. The molecular weight excluding hydrogens is 182 g/mol. The van der Waals surface area contributed by atoms with E-state index >= 15 is 0 Å². The number of para-hydroxylation sites is 1. The van der Waals surface area contributed by atoms with Crippen LogP contribution in [0.5, 0.6) is 0 Å². The largest absolute Gasteiger partial charge is 0.312 e. The highest BCUT2D eigenvalue weighted by Gasteiger charge is 2.10. The fourth-order valence-corrected chi connectivity index (χ4v) is 1.54. The predicted octanol–water partition coefficient (Wildman–Crippen LogP) is 2.35. The third kappa shape index (κ3) is 2.25. The molecule has 0 aromatic heterocycles. The minimum absolute atomic E-state index is 0.0454. The molecule has 1 rings (SSSR count). The van der Waals surface area contributed by atoms with E-state index in [4.69, 9.17) is 0 Å². The summed E-state index contributed by atoms with van der Waals surface area (Å²) in [5.41, 5.74) is 0.876. The smallest absolute Gasteiger partial charge is 0.223 e. The summed E-state index contributed by atoms with van der Waals surface area (Å²) in [6.07, 6.45) is 0. The van der Waals surface area contributed by atoms with Gasteiger partial charge >= 0.3 is 0 Å². The molecule has 0 heterocycles. The zero-order chi connectivity index (χ0) is 9.84. The third-order valence-corrected chi connectivity index (χ3v) is 2.25. The molecule has 0 saturated carbocycles. The lowest BCUT2D eigenvalue weighted by atomic mass is 10.3. The van der Waals surface area contributed by atoms with Crippen LogP contribution in [-0.2, 0) is 4.79 Å². The molecule has 0 aliphatic rings. The van der Waals surface area contributed by atoms with Crippen molar-refractivity contribution in [1.29, 1.82) is 0 Å². The molecule has 0 N–H and O–H groups in total. The van der Waals surface area contributed by atoms with E-state index in [9.17, 15) is 4.79 Å². The van der Waals surface area contributed by atoms with Gasteiger partial charge in [-0.15, -0.1) is 12.6 Å². The summed E-state index contributed by atoms with van der Waals surface area (Å²) in [6.45, 7) is 4.18. The van der Waals surface area contributed by atoms with Gasteiger partial charge in [-0.3, -0.25) is 4.79 Å². The van der Waals surface area contributed by atoms with Crippen molar-refractivity contribution in [2.75, 3.05) is 11.4 Å². The number of carbonyl (C=O) groups is 1. The Kier molecular flexibility index (Phi) is 3.37.